The number of likely N-dealkylation sites (N-methyl/N-ethyl adjacent to an activating group) is 1. The number of benzene rings is 1. The van der Waals surface area contributed by atoms with Gasteiger partial charge in [0.15, 0.2) is 0 Å². The molecule has 0 unspecified atom stereocenters. The van der Waals surface area contributed by atoms with Gasteiger partial charge in [0.1, 0.15) is 0 Å². The first-order valence-electron chi connectivity index (χ1n) is 6.81. The zero-order valence-electron chi connectivity index (χ0n) is 11.5. The first-order valence-corrected chi connectivity index (χ1v) is 7.60. The van der Waals surface area contributed by atoms with E-state index in [1.54, 1.807) is 0 Å². The van der Waals surface area contributed by atoms with Crippen LogP contribution < -0.4 is 5.32 Å². The number of rotatable bonds is 3. The van der Waals surface area contributed by atoms with E-state index in [0.29, 0.717) is 6.04 Å². The molecule has 19 heavy (non-hydrogen) atoms. The van der Waals surface area contributed by atoms with Crippen molar-refractivity contribution in [3.8, 4) is 0 Å². The summed E-state index contributed by atoms with van der Waals surface area (Å²) >= 11 is 3.38. The highest BCUT2D eigenvalue weighted by atomic mass is 79.9. The number of nitrogens with zero attached hydrogens (tertiary/aromatic N) is 1. The Labute approximate surface area is 123 Å². The lowest BCUT2D eigenvalue weighted by molar-refractivity contribution is 0.0883. The molecule has 0 aromatic heterocycles. The van der Waals surface area contributed by atoms with Crippen molar-refractivity contribution in [1.29, 1.82) is 0 Å². The van der Waals surface area contributed by atoms with Gasteiger partial charge in [-0.05, 0) is 51.2 Å². The van der Waals surface area contributed by atoms with Crippen LogP contribution in [0.3, 0.4) is 0 Å². The summed E-state index contributed by atoms with van der Waals surface area (Å²) in [5.74, 6) is 0.0336. The second kappa shape index (κ2) is 6.53. The molecule has 1 amide bonds. The number of halogens is 1. The summed E-state index contributed by atoms with van der Waals surface area (Å²) < 4.78 is 0.993. The zero-order valence-corrected chi connectivity index (χ0v) is 13.1. The fourth-order valence-electron chi connectivity index (χ4n) is 2.75. The smallest absolute Gasteiger partial charge is 0.251 e. The van der Waals surface area contributed by atoms with Gasteiger partial charge in [0.05, 0.1) is 0 Å². The largest absolute Gasteiger partial charge is 0.348 e. The van der Waals surface area contributed by atoms with Crippen molar-refractivity contribution in [3.05, 3.63) is 34.3 Å². The third-order valence-electron chi connectivity index (χ3n) is 3.82. The summed E-state index contributed by atoms with van der Waals surface area (Å²) in [7, 11) is 4.18. The van der Waals surface area contributed by atoms with Crippen LogP contribution in [-0.4, -0.2) is 37.0 Å². The lowest BCUT2D eigenvalue weighted by Crippen LogP contribution is -2.51. The fourth-order valence-corrected chi connectivity index (χ4v) is 3.02. The van der Waals surface area contributed by atoms with Gasteiger partial charge in [-0.25, -0.2) is 0 Å². The van der Waals surface area contributed by atoms with Crippen LogP contribution in [0.2, 0.25) is 0 Å². The molecular weight excluding hydrogens is 304 g/mol. The molecule has 0 aliphatic heterocycles. The highest BCUT2D eigenvalue weighted by molar-refractivity contribution is 9.10. The molecule has 1 aliphatic rings. The van der Waals surface area contributed by atoms with Crippen molar-refractivity contribution >= 4 is 21.8 Å². The lowest BCUT2D eigenvalue weighted by atomic mass is 9.89. The Morgan fingerprint density at radius 1 is 1.21 bits per heavy atom. The summed E-state index contributed by atoms with van der Waals surface area (Å²) in [5.41, 5.74) is 0.728. The van der Waals surface area contributed by atoms with Gasteiger partial charge < -0.3 is 10.2 Å². The highest BCUT2D eigenvalue weighted by Crippen LogP contribution is 2.22. The minimum Gasteiger partial charge on any atom is -0.348 e. The Balaban J connectivity index is 2.02. The number of amides is 1. The topological polar surface area (TPSA) is 32.3 Å². The van der Waals surface area contributed by atoms with Crippen molar-refractivity contribution in [2.45, 2.75) is 37.8 Å². The molecule has 0 spiro atoms. The Bertz CT molecular complexity index is 430. The molecule has 2 rings (SSSR count). The Morgan fingerprint density at radius 2 is 1.84 bits per heavy atom. The summed E-state index contributed by atoms with van der Waals surface area (Å²) in [6, 6.07) is 8.23. The van der Waals surface area contributed by atoms with E-state index in [1.165, 1.54) is 12.8 Å². The van der Waals surface area contributed by atoms with Crippen LogP contribution in [0.4, 0.5) is 0 Å². The number of hydrogen-bond acceptors (Lipinski definition) is 2. The van der Waals surface area contributed by atoms with Crippen LogP contribution >= 0.6 is 15.9 Å². The van der Waals surface area contributed by atoms with Crippen molar-refractivity contribution in [2.24, 2.45) is 0 Å². The molecule has 1 saturated carbocycles. The van der Waals surface area contributed by atoms with Gasteiger partial charge in [-0.3, -0.25) is 4.79 Å². The number of hydrogen-bond donors (Lipinski definition) is 1. The van der Waals surface area contributed by atoms with Crippen LogP contribution in [0.15, 0.2) is 28.7 Å². The van der Waals surface area contributed by atoms with E-state index in [2.05, 4.69) is 40.2 Å². The molecule has 0 heterocycles. The molecule has 1 aromatic carbocycles. The van der Waals surface area contributed by atoms with Crippen LogP contribution in [0.5, 0.6) is 0 Å². The van der Waals surface area contributed by atoms with E-state index in [-0.39, 0.29) is 11.9 Å². The monoisotopic (exact) mass is 324 g/mol. The third-order valence-corrected chi connectivity index (χ3v) is 4.34. The van der Waals surface area contributed by atoms with Gasteiger partial charge in [0.25, 0.3) is 5.91 Å². The molecule has 1 fully saturated rings. The van der Waals surface area contributed by atoms with Crippen molar-refractivity contribution in [1.82, 2.24) is 10.2 Å². The second-order valence-electron chi connectivity index (χ2n) is 5.40. The summed E-state index contributed by atoms with van der Waals surface area (Å²) in [5, 5.41) is 3.19. The number of nitrogens with one attached hydrogen (secondary N) is 1. The predicted molar refractivity (Wildman–Crippen MR) is 81.3 cm³/mol. The molecule has 0 bridgehead atoms. The zero-order chi connectivity index (χ0) is 13.8. The second-order valence-corrected chi connectivity index (χ2v) is 6.32. The SMILES string of the molecule is CN(C)[C@@H]1CCCC[C@H]1NC(=O)c1ccc(Br)cc1. The first kappa shape index (κ1) is 14.5. The van der Waals surface area contributed by atoms with Crippen LogP contribution in [-0.2, 0) is 0 Å². The first-order chi connectivity index (χ1) is 9.08. The fraction of sp³-hybridized carbons (Fsp3) is 0.533. The van der Waals surface area contributed by atoms with Crippen LogP contribution in [0.1, 0.15) is 36.0 Å². The molecule has 1 aromatic rings. The van der Waals surface area contributed by atoms with Gasteiger partial charge in [0.2, 0.25) is 0 Å². The molecule has 3 nitrogen and oxygen atoms in total. The Morgan fingerprint density at radius 3 is 2.47 bits per heavy atom. The van der Waals surface area contributed by atoms with Gasteiger partial charge in [0, 0.05) is 22.1 Å². The van der Waals surface area contributed by atoms with Gasteiger partial charge >= 0.3 is 0 Å². The summed E-state index contributed by atoms with van der Waals surface area (Å²) in [4.78, 5) is 14.5. The molecular formula is C15H21BrN2O. The van der Waals surface area contributed by atoms with E-state index in [4.69, 9.17) is 0 Å². The lowest BCUT2D eigenvalue weighted by Gasteiger charge is -2.36. The summed E-state index contributed by atoms with van der Waals surface area (Å²) in [6.07, 6.45) is 4.70. The van der Waals surface area contributed by atoms with Crippen LogP contribution in [0, 0.1) is 0 Å². The molecule has 1 aliphatic carbocycles. The van der Waals surface area contributed by atoms with Gasteiger partial charge in [-0.1, -0.05) is 28.8 Å². The van der Waals surface area contributed by atoms with E-state index >= 15 is 0 Å². The quantitative estimate of drug-likeness (QED) is 0.926. The maximum absolute atomic E-state index is 12.2. The van der Waals surface area contributed by atoms with Gasteiger partial charge in [-0.15, -0.1) is 0 Å². The molecule has 0 radical (unpaired) electrons. The number of carbonyl (C=O) groups is 1. The molecule has 4 heteroatoms. The molecule has 1 N–H and O–H groups in total. The van der Waals surface area contributed by atoms with E-state index < -0.39 is 0 Å². The minimum atomic E-state index is 0.0336. The Hall–Kier alpha value is -0.870. The maximum atomic E-state index is 12.2. The summed E-state index contributed by atoms with van der Waals surface area (Å²) in [6.45, 7) is 0. The van der Waals surface area contributed by atoms with Crippen molar-refractivity contribution < 1.29 is 4.79 Å². The van der Waals surface area contributed by atoms with E-state index in [9.17, 15) is 4.79 Å². The van der Waals surface area contributed by atoms with Crippen molar-refractivity contribution in [2.75, 3.05) is 14.1 Å². The molecule has 2 atom stereocenters. The molecule has 104 valence electrons. The van der Waals surface area contributed by atoms with Crippen molar-refractivity contribution in [3.63, 3.8) is 0 Å². The van der Waals surface area contributed by atoms with Crippen LogP contribution in [0.25, 0.3) is 0 Å². The number of carbonyl (C=O) groups excluding carboxylic acids is 1. The van der Waals surface area contributed by atoms with E-state index in [1.807, 2.05) is 24.3 Å². The highest BCUT2D eigenvalue weighted by Gasteiger charge is 2.28. The predicted octanol–water partition coefficient (Wildman–Crippen LogP) is 3.05. The Kier molecular flexibility index (Phi) is 4.99. The standard InChI is InChI=1S/C15H21BrN2O/c1-18(2)14-6-4-3-5-13(14)17-15(19)11-7-9-12(16)10-8-11/h7-10,13-14H,3-6H2,1-2H3,(H,17,19)/t13-,14-/m1/s1. The molecule has 0 saturated heterocycles. The normalized spacial score (nSPS) is 23.4. The average Bonchev–Trinajstić information content (AvgIpc) is 2.39. The minimum absolute atomic E-state index is 0.0336. The van der Waals surface area contributed by atoms with E-state index in [0.717, 1.165) is 22.9 Å². The van der Waals surface area contributed by atoms with Gasteiger partial charge in [-0.2, -0.15) is 0 Å². The maximum Gasteiger partial charge on any atom is 0.251 e. The average molecular weight is 325 g/mol. The third kappa shape index (κ3) is 3.80.